The van der Waals surface area contributed by atoms with Crippen molar-refractivity contribution in [1.82, 2.24) is 9.80 Å². The summed E-state index contributed by atoms with van der Waals surface area (Å²) in [5.74, 6) is 0.0763. The van der Waals surface area contributed by atoms with Gasteiger partial charge in [0.1, 0.15) is 0 Å². The van der Waals surface area contributed by atoms with Crippen LogP contribution < -0.4 is 0 Å². The minimum atomic E-state index is -0.207. The van der Waals surface area contributed by atoms with Gasteiger partial charge in [-0.1, -0.05) is 6.08 Å². The van der Waals surface area contributed by atoms with Crippen LogP contribution >= 0.6 is 12.2 Å². The topological polar surface area (TPSA) is 32.8 Å². The van der Waals surface area contributed by atoms with E-state index in [2.05, 4.69) is 0 Å². The molecule has 0 saturated carbocycles. The van der Waals surface area contributed by atoms with Crippen molar-refractivity contribution >= 4 is 23.3 Å². The molecule has 78 valence electrons. The van der Waals surface area contributed by atoms with E-state index in [4.69, 9.17) is 17.0 Å². The minimum absolute atomic E-state index is 0.193. The fourth-order valence-corrected chi connectivity index (χ4v) is 1.52. The SMILES string of the molecule is CN1C(=O)/C(=C2\C=CC=CN2C)OC1=S. The summed E-state index contributed by atoms with van der Waals surface area (Å²) < 4.78 is 5.26. The number of carbonyl (C=O) groups excluding carboxylic acids is 1. The number of hydrogen-bond donors (Lipinski definition) is 0. The monoisotopic (exact) mass is 222 g/mol. The van der Waals surface area contributed by atoms with E-state index in [1.807, 2.05) is 36.4 Å². The predicted octanol–water partition coefficient (Wildman–Crippen LogP) is 0.987. The number of carbonyl (C=O) groups is 1. The predicted molar refractivity (Wildman–Crippen MR) is 59.5 cm³/mol. The molecule has 2 rings (SSSR count). The maximum atomic E-state index is 11.7. The van der Waals surface area contributed by atoms with Crippen LogP contribution in [0.1, 0.15) is 0 Å². The first-order valence-electron chi connectivity index (χ1n) is 4.43. The maximum absolute atomic E-state index is 11.7. The first-order chi connectivity index (χ1) is 7.11. The molecule has 0 aromatic carbocycles. The number of rotatable bonds is 0. The standard InChI is InChI=1S/C10H10N2O2S/c1-11-6-4-3-5-7(11)8-9(13)12(2)10(15)14-8/h3-6H,1-2H3/b8-7-. The number of hydrogen-bond acceptors (Lipinski definition) is 4. The third-order valence-corrected chi connectivity index (χ3v) is 2.61. The molecule has 2 heterocycles. The minimum Gasteiger partial charge on any atom is -0.423 e. The molecule has 0 unspecified atom stereocenters. The van der Waals surface area contributed by atoms with Crippen molar-refractivity contribution in [2.45, 2.75) is 0 Å². The summed E-state index contributed by atoms with van der Waals surface area (Å²) in [6.07, 6.45) is 7.39. The van der Waals surface area contributed by atoms with Crippen molar-refractivity contribution in [3.63, 3.8) is 0 Å². The highest BCUT2D eigenvalue weighted by Gasteiger charge is 2.33. The molecule has 1 fully saturated rings. The molecule has 1 saturated heterocycles. The van der Waals surface area contributed by atoms with Crippen LogP contribution in [0.2, 0.25) is 0 Å². The van der Waals surface area contributed by atoms with Crippen LogP contribution in [0.4, 0.5) is 0 Å². The van der Waals surface area contributed by atoms with Crippen molar-refractivity contribution in [3.8, 4) is 0 Å². The third kappa shape index (κ3) is 1.55. The Balaban J connectivity index is 2.42. The first-order valence-corrected chi connectivity index (χ1v) is 4.84. The van der Waals surface area contributed by atoms with Crippen molar-refractivity contribution in [2.75, 3.05) is 14.1 Å². The van der Waals surface area contributed by atoms with Crippen molar-refractivity contribution < 1.29 is 9.53 Å². The van der Waals surface area contributed by atoms with Crippen LogP contribution in [-0.2, 0) is 9.53 Å². The van der Waals surface area contributed by atoms with E-state index < -0.39 is 0 Å². The number of ether oxygens (including phenoxy) is 1. The van der Waals surface area contributed by atoms with Gasteiger partial charge in [0.2, 0.25) is 5.76 Å². The van der Waals surface area contributed by atoms with E-state index in [1.165, 1.54) is 4.90 Å². The van der Waals surface area contributed by atoms with Gasteiger partial charge in [-0.3, -0.25) is 9.69 Å². The molecule has 0 aromatic rings. The lowest BCUT2D eigenvalue weighted by molar-refractivity contribution is -0.122. The van der Waals surface area contributed by atoms with Crippen molar-refractivity contribution in [2.24, 2.45) is 0 Å². The van der Waals surface area contributed by atoms with E-state index in [0.717, 1.165) is 0 Å². The Morgan fingerprint density at radius 2 is 2.07 bits per heavy atom. The summed E-state index contributed by atoms with van der Waals surface area (Å²) in [7, 11) is 3.45. The Bertz CT molecular complexity index is 423. The Morgan fingerprint density at radius 1 is 1.33 bits per heavy atom. The average molecular weight is 222 g/mol. The Hall–Kier alpha value is -1.62. The summed E-state index contributed by atoms with van der Waals surface area (Å²) >= 11 is 4.89. The zero-order chi connectivity index (χ0) is 11.0. The molecule has 15 heavy (non-hydrogen) atoms. The lowest BCUT2D eigenvalue weighted by Crippen LogP contribution is -2.24. The van der Waals surface area contributed by atoms with Gasteiger partial charge in [0.25, 0.3) is 11.1 Å². The largest absolute Gasteiger partial charge is 0.423 e. The van der Waals surface area contributed by atoms with E-state index in [1.54, 1.807) is 7.05 Å². The highest BCUT2D eigenvalue weighted by Crippen LogP contribution is 2.23. The molecule has 0 spiro atoms. The van der Waals surface area contributed by atoms with E-state index in [9.17, 15) is 4.79 Å². The van der Waals surface area contributed by atoms with Gasteiger partial charge in [-0.05, 0) is 24.4 Å². The van der Waals surface area contributed by atoms with Gasteiger partial charge in [0, 0.05) is 20.3 Å². The second kappa shape index (κ2) is 3.51. The highest BCUT2D eigenvalue weighted by atomic mass is 32.1. The third-order valence-electron chi connectivity index (χ3n) is 2.25. The lowest BCUT2D eigenvalue weighted by Gasteiger charge is -2.18. The fraction of sp³-hybridized carbons (Fsp3) is 0.200. The number of likely N-dealkylation sites (N-methyl/N-ethyl adjacent to an activating group) is 2. The number of thiocarbonyl (C=S) groups is 1. The molecule has 5 heteroatoms. The zero-order valence-corrected chi connectivity index (χ0v) is 9.25. The quantitative estimate of drug-likeness (QED) is 0.452. The molecular formula is C10H10N2O2S. The molecule has 4 nitrogen and oxygen atoms in total. The Morgan fingerprint density at radius 3 is 2.60 bits per heavy atom. The fourth-order valence-electron chi connectivity index (χ4n) is 1.36. The first kappa shape index (κ1) is 9.92. The van der Waals surface area contributed by atoms with Crippen LogP contribution in [0.3, 0.4) is 0 Å². The summed E-state index contributed by atoms with van der Waals surface area (Å²) in [4.78, 5) is 14.9. The molecule has 2 aliphatic heterocycles. The van der Waals surface area contributed by atoms with Gasteiger partial charge in [0.05, 0.1) is 5.70 Å². The van der Waals surface area contributed by atoms with Gasteiger partial charge in [-0.15, -0.1) is 0 Å². The average Bonchev–Trinajstić information content (AvgIpc) is 2.47. The van der Waals surface area contributed by atoms with Crippen LogP contribution in [0, 0.1) is 0 Å². The Labute approximate surface area is 93.1 Å². The number of nitrogens with zero attached hydrogens (tertiary/aromatic N) is 2. The molecule has 0 bridgehead atoms. The second-order valence-corrected chi connectivity index (χ2v) is 3.61. The van der Waals surface area contributed by atoms with Gasteiger partial charge in [0.15, 0.2) is 0 Å². The summed E-state index contributed by atoms with van der Waals surface area (Å²) in [5.41, 5.74) is 0.717. The van der Waals surface area contributed by atoms with Gasteiger partial charge >= 0.3 is 0 Å². The highest BCUT2D eigenvalue weighted by molar-refractivity contribution is 7.80. The van der Waals surface area contributed by atoms with Gasteiger partial charge < -0.3 is 9.64 Å². The molecule has 0 N–H and O–H groups in total. The molecular weight excluding hydrogens is 212 g/mol. The van der Waals surface area contributed by atoms with Crippen LogP contribution in [0.15, 0.2) is 35.9 Å². The zero-order valence-electron chi connectivity index (χ0n) is 8.43. The van der Waals surface area contributed by atoms with Crippen molar-refractivity contribution in [1.29, 1.82) is 0 Å². The molecule has 0 radical (unpaired) electrons. The lowest BCUT2D eigenvalue weighted by atomic mass is 10.2. The van der Waals surface area contributed by atoms with Gasteiger partial charge in [-0.2, -0.15) is 0 Å². The van der Waals surface area contributed by atoms with Crippen molar-refractivity contribution in [3.05, 3.63) is 35.9 Å². The second-order valence-electron chi connectivity index (χ2n) is 3.26. The Kier molecular flexibility index (Phi) is 2.32. The van der Waals surface area contributed by atoms with Gasteiger partial charge in [-0.25, -0.2) is 0 Å². The molecule has 0 aliphatic carbocycles. The molecule has 0 aromatic heterocycles. The number of allylic oxidation sites excluding steroid dienone is 3. The summed E-state index contributed by atoms with van der Waals surface area (Å²) in [5, 5.41) is 0.193. The molecule has 1 amide bonds. The molecule has 0 atom stereocenters. The van der Waals surface area contributed by atoms with E-state index in [-0.39, 0.29) is 16.8 Å². The smallest absolute Gasteiger partial charge is 0.299 e. The van der Waals surface area contributed by atoms with Crippen LogP contribution in [0.25, 0.3) is 0 Å². The van der Waals surface area contributed by atoms with Crippen LogP contribution in [0.5, 0.6) is 0 Å². The normalized spacial score (nSPS) is 25.2. The van der Waals surface area contributed by atoms with E-state index >= 15 is 0 Å². The summed E-state index contributed by atoms with van der Waals surface area (Å²) in [6, 6.07) is 0. The number of amides is 1. The summed E-state index contributed by atoms with van der Waals surface area (Å²) in [6.45, 7) is 0. The maximum Gasteiger partial charge on any atom is 0.299 e. The van der Waals surface area contributed by atoms with Crippen LogP contribution in [-0.4, -0.2) is 35.0 Å². The van der Waals surface area contributed by atoms with E-state index in [0.29, 0.717) is 5.70 Å². The molecule has 2 aliphatic rings.